The van der Waals surface area contributed by atoms with Gasteiger partial charge in [-0.25, -0.2) is 0 Å². The Labute approximate surface area is 143 Å². The van der Waals surface area contributed by atoms with E-state index < -0.39 is 0 Å². The van der Waals surface area contributed by atoms with Crippen molar-refractivity contribution < 1.29 is 5.11 Å². The number of aliphatic hydroxyl groups excluding tert-OH is 1. The Bertz CT molecular complexity index is 919. The van der Waals surface area contributed by atoms with Gasteiger partial charge in [0.25, 0.3) is 0 Å². The molecule has 1 aromatic heterocycles. The van der Waals surface area contributed by atoms with Crippen molar-refractivity contribution in [1.29, 1.82) is 0 Å². The van der Waals surface area contributed by atoms with E-state index in [-0.39, 0.29) is 12.6 Å². The lowest BCUT2D eigenvalue weighted by molar-refractivity contribution is 0.254. The Kier molecular flexibility index (Phi) is 3.68. The molecule has 3 heteroatoms. The SMILES string of the molecule is OC[C@@H](c1ccc(Br)cc1)n1c2ccccc2c2ccccc21. The maximum atomic E-state index is 10.1. The third kappa shape index (κ3) is 2.37. The van der Waals surface area contributed by atoms with Crippen LogP contribution in [-0.2, 0) is 0 Å². The Morgan fingerprint density at radius 1 is 0.783 bits per heavy atom. The highest BCUT2D eigenvalue weighted by Crippen LogP contribution is 2.34. The highest BCUT2D eigenvalue weighted by Gasteiger charge is 2.18. The molecule has 23 heavy (non-hydrogen) atoms. The number of halogens is 1. The number of hydrogen-bond donors (Lipinski definition) is 1. The summed E-state index contributed by atoms with van der Waals surface area (Å²) in [4.78, 5) is 0. The van der Waals surface area contributed by atoms with Crippen LogP contribution in [0.2, 0.25) is 0 Å². The normalized spacial score (nSPS) is 12.8. The van der Waals surface area contributed by atoms with E-state index in [2.05, 4.69) is 69.0 Å². The van der Waals surface area contributed by atoms with E-state index in [1.807, 2.05) is 24.3 Å². The minimum atomic E-state index is -0.104. The van der Waals surface area contributed by atoms with Crippen molar-refractivity contribution in [3.63, 3.8) is 0 Å². The van der Waals surface area contributed by atoms with E-state index in [0.717, 1.165) is 21.1 Å². The molecule has 0 fully saturated rings. The third-order valence-electron chi connectivity index (χ3n) is 4.36. The molecule has 0 bridgehead atoms. The molecule has 2 nitrogen and oxygen atoms in total. The summed E-state index contributed by atoms with van der Waals surface area (Å²) >= 11 is 3.48. The lowest BCUT2D eigenvalue weighted by Crippen LogP contribution is -2.14. The van der Waals surface area contributed by atoms with Crippen LogP contribution in [0.15, 0.2) is 77.3 Å². The van der Waals surface area contributed by atoms with Gasteiger partial charge in [-0.05, 0) is 29.8 Å². The van der Waals surface area contributed by atoms with Gasteiger partial charge in [0.15, 0.2) is 0 Å². The van der Waals surface area contributed by atoms with E-state index in [9.17, 15) is 5.11 Å². The molecule has 1 heterocycles. The molecule has 0 aliphatic carbocycles. The second-order valence-electron chi connectivity index (χ2n) is 5.65. The van der Waals surface area contributed by atoms with Gasteiger partial charge in [-0.1, -0.05) is 64.5 Å². The van der Waals surface area contributed by atoms with Crippen molar-refractivity contribution in [1.82, 2.24) is 4.57 Å². The largest absolute Gasteiger partial charge is 0.394 e. The van der Waals surface area contributed by atoms with Gasteiger partial charge in [0.05, 0.1) is 12.6 Å². The molecule has 0 unspecified atom stereocenters. The van der Waals surface area contributed by atoms with Gasteiger partial charge in [-0.3, -0.25) is 0 Å². The van der Waals surface area contributed by atoms with Gasteiger partial charge in [0.1, 0.15) is 0 Å². The number of aliphatic hydroxyl groups is 1. The smallest absolute Gasteiger partial charge is 0.0823 e. The maximum Gasteiger partial charge on any atom is 0.0823 e. The molecule has 0 aliphatic rings. The summed E-state index contributed by atoms with van der Waals surface area (Å²) in [5, 5.41) is 12.5. The highest BCUT2D eigenvalue weighted by molar-refractivity contribution is 9.10. The first-order valence-electron chi connectivity index (χ1n) is 7.63. The number of fused-ring (bicyclic) bond motifs is 3. The fourth-order valence-electron chi connectivity index (χ4n) is 3.31. The van der Waals surface area contributed by atoms with Crippen LogP contribution >= 0.6 is 15.9 Å². The lowest BCUT2D eigenvalue weighted by Gasteiger charge is -2.20. The van der Waals surface area contributed by atoms with Gasteiger partial charge >= 0.3 is 0 Å². The van der Waals surface area contributed by atoms with Crippen LogP contribution in [0, 0.1) is 0 Å². The first kappa shape index (κ1) is 14.5. The van der Waals surface area contributed by atoms with Crippen LogP contribution in [0.5, 0.6) is 0 Å². The molecule has 1 N–H and O–H groups in total. The van der Waals surface area contributed by atoms with Crippen LogP contribution in [-0.4, -0.2) is 16.3 Å². The second kappa shape index (κ2) is 5.84. The second-order valence-corrected chi connectivity index (χ2v) is 6.57. The number of rotatable bonds is 3. The molecule has 4 rings (SSSR count). The highest BCUT2D eigenvalue weighted by atomic mass is 79.9. The summed E-state index contributed by atoms with van der Waals surface area (Å²) in [5.74, 6) is 0. The molecule has 4 aromatic rings. The Morgan fingerprint density at radius 3 is 1.83 bits per heavy atom. The van der Waals surface area contributed by atoms with Crippen LogP contribution < -0.4 is 0 Å². The van der Waals surface area contributed by atoms with Crippen molar-refractivity contribution in [2.45, 2.75) is 6.04 Å². The molecule has 114 valence electrons. The minimum absolute atomic E-state index is 0.0598. The molecule has 1 atom stereocenters. The third-order valence-corrected chi connectivity index (χ3v) is 4.89. The summed E-state index contributed by atoms with van der Waals surface area (Å²) in [7, 11) is 0. The van der Waals surface area contributed by atoms with Gasteiger partial charge in [-0.2, -0.15) is 0 Å². The lowest BCUT2D eigenvalue weighted by atomic mass is 10.1. The van der Waals surface area contributed by atoms with Crippen molar-refractivity contribution in [3.8, 4) is 0 Å². The summed E-state index contributed by atoms with van der Waals surface area (Å²) in [6.07, 6.45) is 0. The van der Waals surface area contributed by atoms with Crippen molar-refractivity contribution in [2.75, 3.05) is 6.61 Å². The Hall–Kier alpha value is -2.10. The van der Waals surface area contributed by atoms with Crippen LogP contribution in [0.3, 0.4) is 0 Å². The molecule has 0 aliphatic heterocycles. The van der Waals surface area contributed by atoms with E-state index in [4.69, 9.17) is 0 Å². The van der Waals surface area contributed by atoms with Gasteiger partial charge in [0, 0.05) is 26.3 Å². The Balaban J connectivity index is 2.03. The van der Waals surface area contributed by atoms with Gasteiger partial charge < -0.3 is 9.67 Å². The van der Waals surface area contributed by atoms with Crippen LogP contribution in [0.4, 0.5) is 0 Å². The van der Waals surface area contributed by atoms with Crippen molar-refractivity contribution >= 4 is 37.7 Å². The molecule has 3 aromatic carbocycles. The number of aromatic nitrogens is 1. The summed E-state index contributed by atoms with van der Waals surface area (Å²) in [6.45, 7) is 0.0598. The molecule has 0 saturated heterocycles. The zero-order valence-corrected chi connectivity index (χ0v) is 14.1. The molecular formula is C20H16BrNO. The monoisotopic (exact) mass is 365 g/mol. The molecule has 0 radical (unpaired) electrons. The standard InChI is InChI=1S/C20H16BrNO/c21-15-11-9-14(10-12-15)20(13-23)22-18-7-3-1-5-16(18)17-6-2-4-8-19(17)22/h1-12,20,23H,13H2/t20-/m0/s1. The molecule has 0 amide bonds. The van der Waals surface area contributed by atoms with Crippen LogP contribution in [0.1, 0.15) is 11.6 Å². The number of hydrogen-bond acceptors (Lipinski definition) is 1. The number of nitrogens with zero attached hydrogens (tertiary/aromatic N) is 1. The number of para-hydroxylation sites is 2. The van der Waals surface area contributed by atoms with E-state index in [1.54, 1.807) is 0 Å². The summed E-state index contributed by atoms with van der Waals surface area (Å²) in [6, 6.07) is 24.8. The van der Waals surface area contributed by atoms with E-state index >= 15 is 0 Å². The zero-order chi connectivity index (χ0) is 15.8. The number of benzene rings is 3. The van der Waals surface area contributed by atoms with Crippen molar-refractivity contribution in [3.05, 3.63) is 82.8 Å². The summed E-state index contributed by atoms with van der Waals surface area (Å²) in [5.41, 5.74) is 3.40. The van der Waals surface area contributed by atoms with Crippen molar-refractivity contribution in [2.24, 2.45) is 0 Å². The van der Waals surface area contributed by atoms with Crippen LogP contribution in [0.25, 0.3) is 21.8 Å². The zero-order valence-electron chi connectivity index (χ0n) is 12.5. The Morgan fingerprint density at radius 2 is 1.30 bits per heavy atom. The maximum absolute atomic E-state index is 10.1. The van der Waals surface area contributed by atoms with Gasteiger partial charge in [0.2, 0.25) is 0 Å². The molecular weight excluding hydrogens is 350 g/mol. The van der Waals surface area contributed by atoms with E-state index in [1.165, 1.54) is 10.8 Å². The molecule has 0 saturated carbocycles. The van der Waals surface area contributed by atoms with E-state index in [0.29, 0.717) is 0 Å². The fraction of sp³-hybridized carbons (Fsp3) is 0.100. The predicted octanol–water partition coefficient (Wildman–Crippen LogP) is 5.14. The average Bonchev–Trinajstić information content (AvgIpc) is 2.93. The fourth-order valence-corrected chi connectivity index (χ4v) is 3.57. The molecule has 0 spiro atoms. The first-order chi connectivity index (χ1) is 11.3. The first-order valence-corrected chi connectivity index (χ1v) is 8.43. The predicted molar refractivity (Wildman–Crippen MR) is 98.8 cm³/mol. The summed E-state index contributed by atoms with van der Waals surface area (Å²) < 4.78 is 3.29. The minimum Gasteiger partial charge on any atom is -0.394 e. The van der Waals surface area contributed by atoms with Gasteiger partial charge in [-0.15, -0.1) is 0 Å². The average molecular weight is 366 g/mol. The topological polar surface area (TPSA) is 25.2 Å². The quantitative estimate of drug-likeness (QED) is 0.534.